The highest BCUT2D eigenvalue weighted by Gasteiger charge is 2.40. The summed E-state index contributed by atoms with van der Waals surface area (Å²) in [6, 6.07) is 16.4. The largest absolute Gasteiger partial charge is 0.481 e. The Balaban J connectivity index is 1.31. The summed E-state index contributed by atoms with van der Waals surface area (Å²) in [5.74, 6) is -1.63. The van der Waals surface area contributed by atoms with Gasteiger partial charge in [0.05, 0.1) is 5.92 Å². The van der Waals surface area contributed by atoms with Crippen LogP contribution in [-0.2, 0) is 14.3 Å². The fraction of sp³-hybridized carbons (Fsp3) is 0.444. The molecular weight excluding hydrogens is 432 g/mol. The molecule has 1 saturated carbocycles. The number of amides is 2. The zero-order valence-corrected chi connectivity index (χ0v) is 19.8. The molecule has 2 aliphatic rings. The molecule has 1 unspecified atom stereocenters. The SMILES string of the molecule is CC(CN(C)C(=O)CC1(CNC(=O)OCC2c3ccccc3-c3ccccc32)CCC1)C(=O)O. The maximum Gasteiger partial charge on any atom is 0.407 e. The molecule has 1 atom stereocenters. The van der Waals surface area contributed by atoms with E-state index in [0.717, 1.165) is 30.4 Å². The summed E-state index contributed by atoms with van der Waals surface area (Å²) in [7, 11) is 1.63. The van der Waals surface area contributed by atoms with Gasteiger partial charge in [-0.25, -0.2) is 4.79 Å². The third-order valence-electron chi connectivity index (χ3n) is 7.29. The number of nitrogens with zero attached hydrogens (tertiary/aromatic N) is 1. The highest BCUT2D eigenvalue weighted by atomic mass is 16.5. The molecule has 2 aromatic carbocycles. The molecule has 2 amide bonds. The minimum Gasteiger partial charge on any atom is -0.481 e. The second-order valence-corrected chi connectivity index (χ2v) is 9.72. The minimum atomic E-state index is -0.921. The highest BCUT2D eigenvalue weighted by Crippen LogP contribution is 2.45. The van der Waals surface area contributed by atoms with Gasteiger partial charge in [0, 0.05) is 32.5 Å². The molecule has 7 nitrogen and oxygen atoms in total. The van der Waals surface area contributed by atoms with Crippen LogP contribution in [0.25, 0.3) is 11.1 Å². The number of nitrogens with one attached hydrogen (secondary N) is 1. The zero-order chi connectivity index (χ0) is 24.3. The van der Waals surface area contributed by atoms with E-state index < -0.39 is 18.0 Å². The molecule has 2 N–H and O–H groups in total. The molecule has 2 aliphatic carbocycles. The van der Waals surface area contributed by atoms with Crippen molar-refractivity contribution in [2.45, 2.75) is 38.5 Å². The van der Waals surface area contributed by atoms with Crippen molar-refractivity contribution in [1.29, 1.82) is 0 Å². The summed E-state index contributed by atoms with van der Waals surface area (Å²) >= 11 is 0. The number of hydrogen-bond acceptors (Lipinski definition) is 4. The Morgan fingerprint density at radius 2 is 1.68 bits per heavy atom. The molecule has 2 aromatic rings. The van der Waals surface area contributed by atoms with Crippen LogP contribution in [0.3, 0.4) is 0 Å². The van der Waals surface area contributed by atoms with Crippen molar-refractivity contribution in [3.8, 4) is 11.1 Å². The predicted octanol–water partition coefficient (Wildman–Crippen LogP) is 4.26. The second-order valence-electron chi connectivity index (χ2n) is 9.72. The van der Waals surface area contributed by atoms with Gasteiger partial charge in [0.15, 0.2) is 0 Å². The molecule has 0 radical (unpaired) electrons. The summed E-state index contributed by atoms with van der Waals surface area (Å²) in [6.07, 6.45) is 2.53. The first-order chi connectivity index (χ1) is 16.3. The second kappa shape index (κ2) is 9.87. The molecule has 34 heavy (non-hydrogen) atoms. The molecule has 0 aliphatic heterocycles. The van der Waals surface area contributed by atoms with Crippen molar-refractivity contribution >= 4 is 18.0 Å². The Kier molecular flexibility index (Phi) is 6.91. The number of ether oxygens (including phenoxy) is 1. The van der Waals surface area contributed by atoms with Gasteiger partial charge in [-0.3, -0.25) is 9.59 Å². The molecule has 0 saturated heterocycles. The van der Waals surface area contributed by atoms with Crippen molar-refractivity contribution in [2.24, 2.45) is 11.3 Å². The number of carboxylic acids is 1. The maximum absolute atomic E-state index is 12.7. The summed E-state index contributed by atoms with van der Waals surface area (Å²) in [5, 5.41) is 12.0. The lowest BCUT2D eigenvalue weighted by atomic mass is 9.66. The smallest absolute Gasteiger partial charge is 0.407 e. The zero-order valence-electron chi connectivity index (χ0n) is 19.8. The lowest BCUT2D eigenvalue weighted by molar-refractivity contribution is -0.143. The number of benzene rings is 2. The number of fused-ring (bicyclic) bond motifs is 3. The maximum atomic E-state index is 12.7. The van der Waals surface area contributed by atoms with Gasteiger partial charge in [-0.15, -0.1) is 0 Å². The topological polar surface area (TPSA) is 95.9 Å². The highest BCUT2D eigenvalue weighted by molar-refractivity contribution is 5.79. The van der Waals surface area contributed by atoms with Gasteiger partial charge in [0.2, 0.25) is 5.91 Å². The Morgan fingerprint density at radius 3 is 2.21 bits per heavy atom. The van der Waals surface area contributed by atoms with E-state index in [9.17, 15) is 14.4 Å². The Labute approximate surface area is 200 Å². The van der Waals surface area contributed by atoms with Crippen molar-refractivity contribution in [2.75, 3.05) is 26.7 Å². The molecule has 180 valence electrons. The monoisotopic (exact) mass is 464 g/mol. The van der Waals surface area contributed by atoms with E-state index in [-0.39, 0.29) is 30.4 Å². The van der Waals surface area contributed by atoms with Crippen LogP contribution in [0, 0.1) is 11.3 Å². The van der Waals surface area contributed by atoms with Gasteiger partial charge in [-0.1, -0.05) is 61.9 Å². The lowest BCUT2D eigenvalue weighted by Crippen LogP contribution is -2.46. The molecule has 0 heterocycles. The Bertz CT molecular complexity index is 1030. The van der Waals surface area contributed by atoms with Crippen LogP contribution in [-0.4, -0.2) is 54.7 Å². The van der Waals surface area contributed by atoms with Gasteiger partial charge < -0.3 is 20.1 Å². The third-order valence-corrected chi connectivity index (χ3v) is 7.29. The molecule has 0 spiro atoms. The van der Waals surface area contributed by atoms with E-state index in [2.05, 4.69) is 29.6 Å². The van der Waals surface area contributed by atoms with Gasteiger partial charge in [0.1, 0.15) is 6.61 Å². The number of carboxylic acid groups (broad SMARTS) is 1. The number of hydrogen-bond donors (Lipinski definition) is 2. The first-order valence-electron chi connectivity index (χ1n) is 11.9. The van der Waals surface area contributed by atoms with E-state index in [0.29, 0.717) is 13.0 Å². The van der Waals surface area contributed by atoms with Crippen LogP contribution < -0.4 is 5.32 Å². The fourth-order valence-corrected chi connectivity index (χ4v) is 5.05. The summed E-state index contributed by atoms with van der Waals surface area (Å²) in [6.45, 7) is 2.38. The third kappa shape index (κ3) is 4.93. The Hall–Kier alpha value is -3.35. The normalized spacial score (nSPS) is 16.5. The first kappa shape index (κ1) is 23.8. The van der Waals surface area contributed by atoms with Crippen LogP contribution in [0.5, 0.6) is 0 Å². The standard InChI is InChI=1S/C27H32N2O5/c1-18(25(31)32)15-29(2)24(30)14-27(12-7-13-27)17-28-26(33)34-16-23-21-10-5-3-8-19(21)20-9-4-6-11-22(20)23/h3-6,8-11,18,23H,7,12-17H2,1-2H3,(H,28,33)(H,31,32). The average molecular weight is 465 g/mol. The molecule has 1 fully saturated rings. The van der Waals surface area contributed by atoms with Gasteiger partial charge in [-0.2, -0.15) is 0 Å². The predicted molar refractivity (Wildman–Crippen MR) is 128 cm³/mol. The summed E-state index contributed by atoms with van der Waals surface area (Å²) in [5.41, 5.74) is 4.40. The van der Waals surface area contributed by atoms with E-state index in [1.165, 1.54) is 16.0 Å². The lowest BCUT2D eigenvalue weighted by Gasteiger charge is -2.42. The molecule has 0 bridgehead atoms. The number of rotatable bonds is 9. The van der Waals surface area contributed by atoms with Crippen molar-refractivity contribution in [3.63, 3.8) is 0 Å². The molecular formula is C27H32N2O5. The average Bonchev–Trinajstić information content (AvgIpc) is 3.12. The fourth-order valence-electron chi connectivity index (χ4n) is 5.05. The summed E-state index contributed by atoms with van der Waals surface area (Å²) < 4.78 is 5.62. The first-order valence-corrected chi connectivity index (χ1v) is 11.9. The van der Waals surface area contributed by atoms with Crippen molar-refractivity contribution in [1.82, 2.24) is 10.2 Å². The number of aliphatic carboxylic acids is 1. The summed E-state index contributed by atoms with van der Waals surface area (Å²) in [4.78, 5) is 37.8. The van der Waals surface area contributed by atoms with Crippen LogP contribution in [0.15, 0.2) is 48.5 Å². The van der Waals surface area contributed by atoms with Crippen LogP contribution in [0.2, 0.25) is 0 Å². The molecule has 4 rings (SSSR count). The van der Waals surface area contributed by atoms with Gasteiger partial charge in [0.25, 0.3) is 0 Å². The minimum absolute atomic E-state index is 0.00210. The number of carbonyl (C=O) groups excluding carboxylic acids is 2. The number of alkyl carbamates (subject to hydrolysis) is 1. The van der Waals surface area contributed by atoms with Gasteiger partial charge >= 0.3 is 12.1 Å². The van der Waals surface area contributed by atoms with Crippen LogP contribution >= 0.6 is 0 Å². The quantitative estimate of drug-likeness (QED) is 0.578. The van der Waals surface area contributed by atoms with Crippen LogP contribution in [0.4, 0.5) is 4.79 Å². The van der Waals surface area contributed by atoms with E-state index in [1.807, 2.05) is 24.3 Å². The Morgan fingerprint density at radius 1 is 1.09 bits per heavy atom. The van der Waals surface area contributed by atoms with E-state index >= 15 is 0 Å². The van der Waals surface area contributed by atoms with Crippen LogP contribution in [0.1, 0.15) is 49.7 Å². The van der Waals surface area contributed by atoms with Crippen molar-refractivity contribution < 1.29 is 24.2 Å². The van der Waals surface area contributed by atoms with Gasteiger partial charge in [-0.05, 0) is 40.5 Å². The molecule has 0 aromatic heterocycles. The van der Waals surface area contributed by atoms with E-state index in [1.54, 1.807) is 14.0 Å². The van der Waals surface area contributed by atoms with Crippen molar-refractivity contribution in [3.05, 3.63) is 59.7 Å². The van der Waals surface area contributed by atoms with E-state index in [4.69, 9.17) is 9.84 Å². The number of carbonyl (C=O) groups is 3. The molecule has 7 heteroatoms.